The second kappa shape index (κ2) is 10.1. The summed E-state index contributed by atoms with van der Waals surface area (Å²) < 4.78 is 13.2. The average Bonchev–Trinajstić information content (AvgIpc) is 3.56. The SMILES string of the molecule is O=C(CCn1c(-c2cccs2)n[nH]c1=S)NNC(=O)c1ccc(COc2ccccc2)o1. The van der Waals surface area contributed by atoms with Crippen LogP contribution in [0.5, 0.6) is 5.75 Å². The number of para-hydroxylation sites is 1. The van der Waals surface area contributed by atoms with E-state index in [1.165, 1.54) is 17.4 Å². The average molecular weight is 470 g/mol. The molecule has 0 atom stereocenters. The maximum absolute atomic E-state index is 12.2. The molecule has 0 aliphatic heterocycles. The van der Waals surface area contributed by atoms with Crippen molar-refractivity contribution in [1.82, 2.24) is 25.6 Å². The smallest absolute Gasteiger partial charge is 0.305 e. The summed E-state index contributed by atoms with van der Waals surface area (Å²) in [7, 11) is 0. The van der Waals surface area contributed by atoms with Crippen LogP contribution in [0.2, 0.25) is 0 Å². The number of nitrogens with zero attached hydrogens (tertiary/aromatic N) is 2. The summed E-state index contributed by atoms with van der Waals surface area (Å²) in [5.41, 5.74) is 4.72. The fourth-order valence-electron chi connectivity index (χ4n) is 2.83. The van der Waals surface area contributed by atoms with E-state index in [2.05, 4.69) is 21.0 Å². The van der Waals surface area contributed by atoms with Crippen molar-refractivity contribution in [3.8, 4) is 16.5 Å². The fourth-order valence-corrected chi connectivity index (χ4v) is 3.78. The molecule has 0 bridgehead atoms. The van der Waals surface area contributed by atoms with E-state index in [0.717, 1.165) is 4.88 Å². The van der Waals surface area contributed by atoms with E-state index in [4.69, 9.17) is 21.4 Å². The Morgan fingerprint density at radius 1 is 1.12 bits per heavy atom. The van der Waals surface area contributed by atoms with Gasteiger partial charge in [-0.05, 0) is 47.9 Å². The van der Waals surface area contributed by atoms with Gasteiger partial charge >= 0.3 is 5.91 Å². The third kappa shape index (κ3) is 5.31. The predicted molar refractivity (Wildman–Crippen MR) is 120 cm³/mol. The van der Waals surface area contributed by atoms with Crippen molar-refractivity contribution in [3.63, 3.8) is 0 Å². The molecule has 3 heterocycles. The van der Waals surface area contributed by atoms with Gasteiger partial charge in [0.2, 0.25) is 5.91 Å². The summed E-state index contributed by atoms with van der Waals surface area (Å²) in [6, 6.07) is 16.3. The number of furan rings is 1. The molecule has 0 aliphatic carbocycles. The van der Waals surface area contributed by atoms with E-state index >= 15 is 0 Å². The molecule has 164 valence electrons. The van der Waals surface area contributed by atoms with Gasteiger partial charge in [-0.2, -0.15) is 5.10 Å². The quantitative estimate of drug-likeness (QED) is 0.268. The predicted octanol–water partition coefficient (Wildman–Crippen LogP) is 3.69. The van der Waals surface area contributed by atoms with Gasteiger partial charge in [-0.25, -0.2) is 0 Å². The Hall–Kier alpha value is -3.70. The fraction of sp³-hybridized carbons (Fsp3) is 0.143. The summed E-state index contributed by atoms with van der Waals surface area (Å²) >= 11 is 6.78. The van der Waals surface area contributed by atoms with Gasteiger partial charge in [0.05, 0.1) is 4.88 Å². The Kier molecular flexibility index (Phi) is 6.78. The number of benzene rings is 1. The molecule has 4 aromatic rings. The van der Waals surface area contributed by atoms with Crippen LogP contribution in [0.4, 0.5) is 0 Å². The summed E-state index contributed by atoms with van der Waals surface area (Å²) in [5, 5.41) is 8.90. The van der Waals surface area contributed by atoms with Crippen LogP contribution >= 0.6 is 23.6 Å². The molecular weight excluding hydrogens is 450 g/mol. The maximum atomic E-state index is 12.2. The molecule has 32 heavy (non-hydrogen) atoms. The number of thiophene rings is 1. The number of carbonyl (C=O) groups excluding carboxylic acids is 2. The number of hydrogen-bond donors (Lipinski definition) is 3. The summed E-state index contributed by atoms with van der Waals surface area (Å²) in [5.74, 6) is 0.973. The Morgan fingerprint density at radius 3 is 2.75 bits per heavy atom. The van der Waals surface area contributed by atoms with Crippen LogP contribution in [0.25, 0.3) is 10.7 Å². The van der Waals surface area contributed by atoms with Crippen LogP contribution in [-0.2, 0) is 17.9 Å². The van der Waals surface area contributed by atoms with Crippen LogP contribution in [0.3, 0.4) is 0 Å². The first-order chi connectivity index (χ1) is 15.6. The topological polar surface area (TPSA) is 114 Å². The van der Waals surface area contributed by atoms with Gasteiger partial charge in [-0.1, -0.05) is 24.3 Å². The van der Waals surface area contributed by atoms with E-state index in [1.807, 2.05) is 47.8 Å². The van der Waals surface area contributed by atoms with Gasteiger partial charge in [-0.3, -0.25) is 30.1 Å². The molecule has 3 N–H and O–H groups in total. The van der Waals surface area contributed by atoms with Crippen molar-refractivity contribution in [2.45, 2.75) is 19.6 Å². The number of hydrogen-bond acceptors (Lipinski definition) is 7. The maximum Gasteiger partial charge on any atom is 0.305 e. The minimum atomic E-state index is -0.566. The number of carbonyl (C=O) groups is 2. The van der Waals surface area contributed by atoms with Gasteiger partial charge in [-0.15, -0.1) is 11.3 Å². The zero-order valence-corrected chi connectivity index (χ0v) is 18.4. The molecule has 0 unspecified atom stereocenters. The lowest BCUT2D eigenvalue weighted by molar-refractivity contribution is -0.122. The van der Waals surface area contributed by atoms with Gasteiger partial charge in [0, 0.05) is 13.0 Å². The Morgan fingerprint density at radius 2 is 1.97 bits per heavy atom. The van der Waals surface area contributed by atoms with Crippen LogP contribution in [0, 0.1) is 4.77 Å². The number of nitrogens with one attached hydrogen (secondary N) is 3. The minimum absolute atomic E-state index is 0.0639. The molecule has 1 aromatic carbocycles. The van der Waals surface area contributed by atoms with Crippen LogP contribution in [0.1, 0.15) is 22.7 Å². The van der Waals surface area contributed by atoms with E-state index in [-0.39, 0.29) is 24.7 Å². The number of aromatic amines is 1. The van der Waals surface area contributed by atoms with Crippen molar-refractivity contribution in [2.75, 3.05) is 0 Å². The zero-order chi connectivity index (χ0) is 22.3. The van der Waals surface area contributed by atoms with Crippen molar-refractivity contribution in [2.24, 2.45) is 0 Å². The number of H-pyrrole nitrogens is 1. The van der Waals surface area contributed by atoms with Gasteiger partial charge < -0.3 is 9.15 Å². The molecule has 0 aliphatic rings. The molecule has 2 amide bonds. The monoisotopic (exact) mass is 469 g/mol. The van der Waals surface area contributed by atoms with Gasteiger partial charge in [0.25, 0.3) is 0 Å². The first kappa shape index (κ1) is 21.5. The molecule has 0 fully saturated rings. The van der Waals surface area contributed by atoms with Crippen LogP contribution < -0.4 is 15.6 Å². The summed E-state index contributed by atoms with van der Waals surface area (Å²) in [6.45, 7) is 0.494. The van der Waals surface area contributed by atoms with Gasteiger partial charge in [0.1, 0.15) is 18.1 Å². The molecular formula is C21H19N5O4S2. The lowest BCUT2D eigenvalue weighted by atomic mass is 10.3. The van der Waals surface area contributed by atoms with Crippen molar-refractivity contribution >= 4 is 35.4 Å². The Bertz CT molecular complexity index is 1240. The number of amides is 2. The van der Waals surface area contributed by atoms with E-state index in [1.54, 1.807) is 10.6 Å². The van der Waals surface area contributed by atoms with Gasteiger partial charge in [0.15, 0.2) is 16.4 Å². The van der Waals surface area contributed by atoms with Crippen molar-refractivity contribution in [3.05, 3.63) is 76.3 Å². The van der Waals surface area contributed by atoms with Crippen LogP contribution in [-0.4, -0.2) is 26.6 Å². The summed E-state index contributed by atoms with van der Waals surface area (Å²) in [4.78, 5) is 25.4. The highest BCUT2D eigenvalue weighted by Gasteiger charge is 2.14. The molecule has 3 aromatic heterocycles. The van der Waals surface area contributed by atoms with E-state index < -0.39 is 5.91 Å². The standard InChI is InChI=1S/C21H19N5O4S2/c27-18(10-11-26-19(23-25-21(26)31)17-7-4-12-32-17)22-24-20(28)16-9-8-15(30-16)13-29-14-5-2-1-3-6-14/h1-9,12H,10-11,13H2,(H,22,27)(H,24,28)(H,25,31). The first-order valence-corrected chi connectivity index (χ1v) is 10.9. The molecule has 0 saturated heterocycles. The van der Waals surface area contributed by atoms with Crippen molar-refractivity contribution < 1.29 is 18.7 Å². The minimum Gasteiger partial charge on any atom is -0.486 e. The second-order valence-corrected chi connectivity index (χ2v) is 7.94. The van der Waals surface area contributed by atoms with Crippen molar-refractivity contribution in [1.29, 1.82) is 0 Å². The lowest BCUT2D eigenvalue weighted by Gasteiger charge is -2.08. The molecule has 0 spiro atoms. The highest BCUT2D eigenvalue weighted by molar-refractivity contribution is 7.71. The Balaban J connectivity index is 1.25. The molecule has 11 heteroatoms. The molecule has 0 saturated carbocycles. The van der Waals surface area contributed by atoms with Crippen LogP contribution in [0.15, 0.2) is 64.4 Å². The van der Waals surface area contributed by atoms with E-state index in [0.29, 0.717) is 28.6 Å². The number of aromatic nitrogens is 3. The third-order valence-electron chi connectivity index (χ3n) is 4.39. The molecule has 9 nitrogen and oxygen atoms in total. The second-order valence-electron chi connectivity index (χ2n) is 6.60. The first-order valence-electron chi connectivity index (χ1n) is 9.65. The Labute approximate surface area is 192 Å². The molecule has 4 rings (SSSR count). The number of rotatable bonds is 8. The number of hydrazine groups is 1. The lowest BCUT2D eigenvalue weighted by Crippen LogP contribution is -2.41. The number of ether oxygens (including phenoxy) is 1. The molecule has 0 radical (unpaired) electrons. The van der Waals surface area contributed by atoms with E-state index in [9.17, 15) is 9.59 Å². The zero-order valence-electron chi connectivity index (χ0n) is 16.7. The summed E-state index contributed by atoms with van der Waals surface area (Å²) in [6.07, 6.45) is 0.0980. The highest BCUT2D eigenvalue weighted by Crippen LogP contribution is 2.22. The largest absolute Gasteiger partial charge is 0.486 e. The highest BCUT2D eigenvalue weighted by atomic mass is 32.1. The third-order valence-corrected chi connectivity index (χ3v) is 5.56. The normalized spacial score (nSPS) is 10.6.